The van der Waals surface area contributed by atoms with Crippen LogP contribution in [0.3, 0.4) is 0 Å². The molecule has 0 unspecified atom stereocenters. The van der Waals surface area contributed by atoms with Crippen molar-refractivity contribution in [2.24, 2.45) is 0 Å². The van der Waals surface area contributed by atoms with Crippen molar-refractivity contribution in [3.63, 3.8) is 0 Å². The summed E-state index contributed by atoms with van der Waals surface area (Å²) in [4.78, 5) is 2.27. The molecule has 0 radical (unpaired) electrons. The fourth-order valence-electron chi connectivity index (χ4n) is 2.00. The van der Waals surface area contributed by atoms with Crippen molar-refractivity contribution in [2.75, 3.05) is 13.6 Å². The van der Waals surface area contributed by atoms with Crippen LogP contribution in [0, 0.1) is 0 Å². The van der Waals surface area contributed by atoms with Gasteiger partial charge < -0.3 is 5.32 Å². The van der Waals surface area contributed by atoms with Gasteiger partial charge in [-0.3, -0.25) is 4.90 Å². The molecule has 0 spiro atoms. The standard InChI is InChI=1S/C17H27BrN2/c1-13(2)11-20(6)12-15-8-7-14(9-16(15)18)10-19-17(3,4)5/h7-9,19H,1,10-12H2,2-6H3. The Morgan fingerprint density at radius 3 is 2.50 bits per heavy atom. The Morgan fingerprint density at radius 2 is 2.00 bits per heavy atom. The number of nitrogens with zero attached hydrogens (tertiary/aromatic N) is 1. The topological polar surface area (TPSA) is 15.3 Å². The Balaban J connectivity index is 2.66. The maximum atomic E-state index is 3.96. The molecule has 1 aromatic rings. The minimum atomic E-state index is 0.146. The minimum absolute atomic E-state index is 0.146. The van der Waals surface area contributed by atoms with E-state index in [9.17, 15) is 0 Å². The zero-order valence-corrected chi connectivity index (χ0v) is 15.0. The summed E-state index contributed by atoms with van der Waals surface area (Å²) in [5, 5.41) is 3.51. The number of likely N-dealkylation sites (N-methyl/N-ethyl adjacent to an activating group) is 1. The molecule has 112 valence electrons. The maximum Gasteiger partial charge on any atom is 0.0245 e. The Hall–Kier alpha value is -0.640. The summed E-state index contributed by atoms with van der Waals surface area (Å²) in [5.41, 5.74) is 3.95. The van der Waals surface area contributed by atoms with Gasteiger partial charge in [-0.2, -0.15) is 0 Å². The number of hydrogen-bond acceptors (Lipinski definition) is 2. The average molecular weight is 339 g/mol. The molecule has 0 aliphatic carbocycles. The van der Waals surface area contributed by atoms with Crippen molar-refractivity contribution in [3.05, 3.63) is 46.0 Å². The molecule has 0 bridgehead atoms. The van der Waals surface area contributed by atoms with E-state index in [0.717, 1.165) is 19.6 Å². The Labute approximate surface area is 132 Å². The molecule has 1 aromatic carbocycles. The molecular weight excluding hydrogens is 312 g/mol. The van der Waals surface area contributed by atoms with Gasteiger partial charge in [-0.15, -0.1) is 0 Å². The highest BCUT2D eigenvalue weighted by Crippen LogP contribution is 2.20. The highest BCUT2D eigenvalue weighted by atomic mass is 79.9. The third kappa shape index (κ3) is 6.69. The van der Waals surface area contributed by atoms with Crippen LogP contribution >= 0.6 is 15.9 Å². The van der Waals surface area contributed by atoms with Gasteiger partial charge in [0.2, 0.25) is 0 Å². The van der Waals surface area contributed by atoms with E-state index in [4.69, 9.17) is 0 Å². The molecule has 0 fully saturated rings. The molecule has 0 heterocycles. The van der Waals surface area contributed by atoms with Gasteiger partial charge in [0, 0.05) is 29.6 Å². The maximum absolute atomic E-state index is 3.96. The molecule has 3 heteroatoms. The van der Waals surface area contributed by atoms with Crippen LogP contribution in [0.1, 0.15) is 38.8 Å². The van der Waals surface area contributed by atoms with Gasteiger partial charge in [0.15, 0.2) is 0 Å². The predicted octanol–water partition coefficient (Wildman–Crippen LogP) is 4.35. The normalized spacial score (nSPS) is 11.9. The van der Waals surface area contributed by atoms with E-state index < -0.39 is 0 Å². The van der Waals surface area contributed by atoms with Gasteiger partial charge in [-0.05, 0) is 51.9 Å². The Morgan fingerprint density at radius 1 is 1.35 bits per heavy atom. The van der Waals surface area contributed by atoms with E-state index in [1.54, 1.807) is 0 Å². The van der Waals surface area contributed by atoms with E-state index in [2.05, 4.69) is 85.7 Å². The zero-order chi connectivity index (χ0) is 15.3. The number of halogens is 1. The van der Waals surface area contributed by atoms with Crippen molar-refractivity contribution in [1.82, 2.24) is 10.2 Å². The van der Waals surface area contributed by atoms with Gasteiger partial charge in [0.25, 0.3) is 0 Å². The minimum Gasteiger partial charge on any atom is -0.308 e. The van der Waals surface area contributed by atoms with Gasteiger partial charge >= 0.3 is 0 Å². The molecule has 1 rings (SSSR count). The average Bonchev–Trinajstić information content (AvgIpc) is 2.27. The van der Waals surface area contributed by atoms with Crippen LogP contribution in [-0.4, -0.2) is 24.0 Å². The number of rotatable bonds is 6. The van der Waals surface area contributed by atoms with Crippen molar-refractivity contribution < 1.29 is 0 Å². The first-order valence-electron chi connectivity index (χ1n) is 7.02. The van der Waals surface area contributed by atoms with Gasteiger partial charge in [-0.25, -0.2) is 0 Å². The van der Waals surface area contributed by atoms with Gasteiger partial charge in [0.05, 0.1) is 0 Å². The predicted molar refractivity (Wildman–Crippen MR) is 91.9 cm³/mol. The van der Waals surface area contributed by atoms with E-state index in [1.165, 1.54) is 21.2 Å². The van der Waals surface area contributed by atoms with Crippen LogP contribution < -0.4 is 5.32 Å². The largest absolute Gasteiger partial charge is 0.308 e. The lowest BCUT2D eigenvalue weighted by Crippen LogP contribution is -2.35. The Kier molecular flexibility index (Phi) is 6.44. The van der Waals surface area contributed by atoms with E-state index in [0.29, 0.717) is 0 Å². The molecule has 0 atom stereocenters. The van der Waals surface area contributed by atoms with Crippen molar-refractivity contribution in [1.29, 1.82) is 0 Å². The molecule has 1 N–H and O–H groups in total. The van der Waals surface area contributed by atoms with Crippen molar-refractivity contribution in [3.8, 4) is 0 Å². The van der Waals surface area contributed by atoms with E-state index in [1.807, 2.05) is 0 Å². The monoisotopic (exact) mass is 338 g/mol. The lowest BCUT2D eigenvalue weighted by Gasteiger charge is -2.21. The van der Waals surface area contributed by atoms with Gasteiger partial charge in [0.1, 0.15) is 0 Å². The van der Waals surface area contributed by atoms with Gasteiger partial charge in [-0.1, -0.05) is 40.2 Å². The molecular formula is C17H27BrN2. The second-order valence-corrected chi connectivity index (χ2v) is 7.51. The molecule has 2 nitrogen and oxygen atoms in total. The molecule has 0 saturated carbocycles. The summed E-state index contributed by atoms with van der Waals surface area (Å²) in [6.45, 7) is 15.3. The smallest absolute Gasteiger partial charge is 0.0245 e. The Bertz CT molecular complexity index is 461. The van der Waals surface area contributed by atoms with E-state index in [-0.39, 0.29) is 5.54 Å². The van der Waals surface area contributed by atoms with Crippen LogP contribution in [-0.2, 0) is 13.1 Å². The second-order valence-electron chi connectivity index (χ2n) is 6.66. The highest BCUT2D eigenvalue weighted by Gasteiger charge is 2.10. The SMILES string of the molecule is C=C(C)CN(C)Cc1ccc(CNC(C)(C)C)cc1Br. The fourth-order valence-corrected chi connectivity index (χ4v) is 2.56. The summed E-state index contributed by atoms with van der Waals surface area (Å²) in [6, 6.07) is 6.62. The third-order valence-corrected chi connectivity index (χ3v) is 3.66. The molecule has 20 heavy (non-hydrogen) atoms. The summed E-state index contributed by atoms with van der Waals surface area (Å²) in [6.07, 6.45) is 0. The van der Waals surface area contributed by atoms with Crippen LogP contribution in [0.2, 0.25) is 0 Å². The summed E-state index contributed by atoms with van der Waals surface area (Å²) in [7, 11) is 2.12. The summed E-state index contributed by atoms with van der Waals surface area (Å²) < 4.78 is 1.18. The zero-order valence-electron chi connectivity index (χ0n) is 13.4. The third-order valence-electron chi connectivity index (χ3n) is 2.92. The summed E-state index contributed by atoms with van der Waals surface area (Å²) in [5.74, 6) is 0. The van der Waals surface area contributed by atoms with Crippen LogP contribution in [0.25, 0.3) is 0 Å². The lowest BCUT2D eigenvalue weighted by molar-refractivity contribution is 0.355. The lowest BCUT2D eigenvalue weighted by atomic mass is 10.1. The first-order chi connectivity index (χ1) is 9.17. The quantitative estimate of drug-likeness (QED) is 0.776. The molecule has 0 aliphatic heterocycles. The summed E-state index contributed by atoms with van der Waals surface area (Å²) >= 11 is 3.69. The first-order valence-corrected chi connectivity index (χ1v) is 7.82. The molecule has 0 saturated heterocycles. The van der Waals surface area contributed by atoms with E-state index >= 15 is 0 Å². The van der Waals surface area contributed by atoms with Crippen LogP contribution in [0.4, 0.5) is 0 Å². The first kappa shape index (κ1) is 17.4. The van der Waals surface area contributed by atoms with Crippen LogP contribution in [0.5, 0.6) is 0 Å². The van der Waals surface area contributed by atoms with Crippen molar-refractivity contribution >= 4 is 15.9 Å². The van der Waals surface area contributed by atoms with Crippen molar-refractivity contribution in [2.45, 2.75) is 46.3 Å². The highest BCUT2D eigenvalue weighted by molar-refractivity contribution is 9.10. The number of benzene rings is 1. The molecule has 0 amide bonds. The molecule has 0 aliphatic rings. The fraction of sp³-hybridized carbons (Fsp3) is 0.529. The van der Waals surface area contributed by atoms with Crippen LogP contribution in [0.15, 0.2) is 34.8 Å². The second kappa shape index (κ2) is 7.39. The number of hydrogen-bond donors (Lipinski definition) is 1. The molecule has 0 aromatic heterocycles. The number of nitrogens with one attached hydrogen (secondary N) is 1.